The molecule has 0 bridgehead atoms. The van der Waals surface area contributed by atoms with Gasteiger partial charge in [-0.15, -0.1) is 0 Å². The van der Waals surface area contributed by atoms with E-state index in [1.54, 1.807) is 0 Å². The van der Waals surface area contributed by atoms with Crippen LogP contribution in [0.15, 0.2) is 28.7 Å². The Morgan fingerprint density at radius 2 is 2.37 bits per heavy atom. The molecule has 1 heterocycles. The van der Waals surface area contributed by atoms with Crippen molar-refractivity contribution in [1.29, 1.82) is 0 Å². The number of nitrogens with zero attached hydrogens (tertiary/aromatic N) is 1. The van der Waals surface area contributed by atoms with Gasteiger partial charge in [0.15, 0.2) is 0 Å². The molecule has 0 saturated carbocycles. The zero-order chi connectivity index (χ0) is 13.5. The number of likely N-dealkylation sites (N-methyl/N-ethyl adjacent to an activating group) is 1. The summed E-state index contributed by atoms with van der Waals surface area (Å²) in [6.07, 6.45) is 1.21. The molecule has 19 heavy (non-hydrogen) atoms. The lowest BCUT2D eigenvalue weighted by Crippen LogP contribution is -2.32. The van der Waals surface area contributed by atoms with Gasteiger partial charge < -0.3 is 15.0 Å². The Bertz CT molecular complexity index is 380. The molecular formula is C15H23BrN2O. The van der Waals surface area contributed by atoms with Gasteiger partial charge in [0.2, 0.25) is 0 Å². The lowest BCUT2D eigenvalue weighted by atomic mass is 10.1. The van der Waals surface area contributed by atoms with E-state index in [4.69, 9.17) is 4.74 Å². The van der Waals surface area contributed by atoms with Crippen LogP contribution in [-0.2, 0) is 11.3 Å². The number of hydrogen-bond acceptors (Lipinski definition) is 3. The summed E-state index contributed by atoms with van der Waals surface area (Å²) < 4.78 is 6.52. The minimum absolute atomic E-state index is 0.718. The van der Waals surface area contributed by atoms with Crippen LogP contribution < -0.4 is 5.32 Å². The zero-order valence-electron chi connectivity index (χ0n) is 11.6. The molecule has 0 spiro atoms. The summed E-state index contributed by atoms with van der Waals surface area (Å²) in [6, 6.07) is 8.50. The van der Waals surface area contributed by atoms with Gasteiger partial charge >= 0.3 is 0 Å². The molecule has 4 heteroatoms. The molecule has 0 aliphatic carbocycles. The van der Waals surface area contributed by atoms with Gasteiger partial charge in [0.1, 0.15) is 0 Å². The Balaban J connectivity index is 1.60. The number of halogens is 1. The van der Waals surface area contributed by atoms with Crippen molar-refractivity contribution in [2.45, 2.75) is 13.0 Å². The van der Waals surface area contributed by atoms with Crippen LogP contribution in [0.4, 0.5) is 0 Å². The number of nitrogens with one attached hydrogen (secondary N) is 1. The van der Waals surface area contributed by atoms with E-state index >= 15 is 0 Å². The predicted octanol–water partition coefficient (Wildman–Crippen LogP) is 2.51. The third kappa shape index (κ3) is 5.61. The Hall–Kier alpha value is -0.420. The van der Waals surface area contributed by atoms with Gasteiger partial charge in [0, 0.05) is 37.3 Å². The Kier molecular flexibility index (Phi) is 6.31. The monoisotopic (exact) mass is 326 g/mol. The molecule has 1 saturated heterocycles. The standard InChI is InChI=1S/C15H23BrN2O/c1-18(11-13-3-2-4-15(16)9-13)7-6-17-10-14-5-8-19-12-14/h2-4,9,14,17H,5-8,10-12H2,1H3. The highest BCUT2D eigenvalue weighted by molar-refractivity contribution is 9.10. The Morgan fingerprint density at radius 3 is 3.11 bits per heavy atom. The smallest absolute Gasteiger partial charge is 0.0507 e. The topological polar surface area (TPSA) is 24.5 Å². The molecule has 2 rings (SSSR count). The first-order chi connectivity index (χ1) is 9.24. The van der Waals surface area contributed by atoms with E-state index in [1.165, 1.54) is 12.0 Å². The summed E-state index contributed by atoms with van der Waals surface area (Å²) in [5.41, 5.74) is 1.35. The molecule has 0 radical (unpaired) electrons. The summed E-state index contributed by atoms with van der Waals surface area (Å²) in [5, 5.41) is 3.52. The van der Waals surface area contributed by atoms with Crippen LogP contribution in [0.2, 0.25) is 0 Å². The van der Waals surface area contributed by atoms with Crippen molar-refractivity contribution in [3.8, 4) is 0 Å². The van der Waals surface area contributed by atoms with Crippen molar-refractivity contribution < 1.29 is 4.74 Å². The van der Waals surface area contributed by atoms with Crippen molar-refractivity contribution in [3.63, 3.8) is 0 Å². The van der Waals surface area contributed by atoms with E-state index in [9.17, 15) is 0 Å². The van der Waals surface area contributed by atoms with Gasteiger partial charge in [0.25, 0.3) is 0 Å². The van der Waals surface area contributed by atoms with Crippen molar-refractivity contribution in [1.82, 2.24) is 10.2 Å². The summed E-state index contributed by atoms with van der Waals surface area (Å²) in [5.74, 6) is 0.718. The van der Waals surface area contributed by atoms with E-state index in [-0.39, 0.29) is 0 Å². The largest absolute Gasteiger partial charge is 0.381 e. The van der Waals surface area contributed by atoms with Crippen LogP contribution in [0, 0.1) is 5.92 Å². The van der Waals surface area contributed by atoms with Gasteiger partial charge in [0.05, 0.1) is 6.61 Å². The number of benzene rings is 1. The Labute approximate surface area is 124 Å². The zero-order valence-corrected chi connectivity index (χ0v) is 13.2. The molecule has 0 aromatic heterocycles. The summed E-state index contributed by atoms with van der Waals surface area (Å²) in [4.78, 5) is 2.35. The first-order valence-corrected chi connectivity index (χ1v) is 7.75. The maximum atomic E-state index is 5.37. The summed E-state index contributed by atoms with van der Waals surface area (Å²) in [6.45, 7) is 6.06. The highest BCUT2D eigenvalue weighted by atomic mass is 79.9. The van der Waals surface area contributed by atoms with Crippen molar-refractivity contribution >= 4 is 15.9 Å². The molecule has 106 valence electrons. The van der Waals surface area contributed by atoms with Crippen LogP contribution in [0.1, 0.15) is 12.0 Å². The summed E-state index contributed by atoms with van der Waals surface area (Å²) >= 11 is 3.51. The van der Waals surface area contributed by atoms with Gasteiger partial charge in [-0.3, -0.25) is 0 Å². The average Bonchev–Trinajstić information content (AvgIpc) is 2.88. The van der Waals surface area contributed by atoms with E-state index in [2.05, 4.69) is 57.5 Å². The molecule has 1 aliphatic heterocycles. The molecule has 3 nitrogen and oxygen atoms in total. The van der Waals surface area contributed by atoms with Gasteiger partial charge in [-0.2, -0.15) is 0 Å². The van der Waals surface area contributed by atoms with Crippen molar-refractivity contribution in [3.05, 3.63) is 34.3 Å². The van der Waals surface area contributed by atoms with Crippen LogP contribution >= 0.6 is 15.9 Å². The minimum Gasteiger partial charge on any atom is -0.381 e. The fourth-order valence-electron chi connectivity index (χ4n) is 2.35. The second-order valence-corrected chi connectivity index (χ2v) is 6.22. The molecule has 1 aromatic carbocycles. The normalized spacial score (nSPS) is 19.2. The third-order valence-electron chi connectivity index (χ3n) is 3.47. The molecule has 1 fully saturated rings. The first kappa shape index (κ1) is 15.0. The van der Waals surface area contributed by atoms with Crippen LogP contribution in [-0.4, -0.2) is 44.8 Å². The van der Waals surface area contributed by atoms with E-state index in [0.29, 0.717) is 0 Å². The van der Waals surface area contributed by atoms with Gasteiger partial charge in [-0.05, 0) is 37.1 Å². The van der Waals surface area contributed by atoms with Gasteiger partial charge in [-0.25, -0.2) is 0 Å². The quantitative estimate of drug-likeness (QED) is 0.779. The summed E-state index contributed by atoms with van der Waals surface area (Å²) in [7, 11) is 2.17. The fraction of sp³-hybridized carbons (Fsp3) is 0.600. The third-order valence-corrected chi connectivity index (χ3v) is 3.96. The molecule has 0 amide bonds. The van der Waals surface area contributed by atoms with Crippen LogP contribution in [0.5, 0.6) is 0 Å². The molecule has 1 unspecified atom stereocenters. The number of hydrogen-bond donors (Lipinski definition) is 1. The van der Waals surface area contributed by atoms with Crippen molar-refractivity contribution in [2.24, 2.45) is 5.92 Å². The van der Waals surface area contributed by atoms with Crippen LogP contribution in [0.3, 0.4) is 0 Å². The SMILES string of the molecule is CN(CCNCC1CCOC1)Cc1cccc(Br)c1. The van der Waals surface area contributed by atoms with E-state index in [1.807, 2.05) is 0 Å². The maximum absolute atomic E-state index is 5.37. The van der Waals surface area contributed by atoms with E-state index in [0.717, 1.165) is 49.8 Å². The van der Waals surface area contributed by atoms with E-state index < -0.39 is 0 Å². The lowest BCUT2D eigenvalue weighted by Gasteiger charge is -2.18. The highest BCUT2D eigenvalue weighted by Crippen LogP contribution is 2.13. The first-order valence-electron chi connectivity index (χ1n) is 6.95. The molecule has 1 aromatic rings. The lowest BCUT2D eigenvalue weighted by molar-refractivity contribution is 0.185. The molecule has 1 N–H and O–H groups in total. The van der Waals surface area contributed by atoms with Gasteiger partial charge in [-0.1, -0.05) is 28.1 Å². The fourth-order valence-corrected chi connectivity index (χ4v) is 2.79. The number of rotatable bonds is 7. The minimum atomic E-state index is 0.718. The maximum Gasteiger partial charge on any atom is 0.0507 e. The number of ether oxygens (including phenoxy) is 1. The second kappa shape index (κ2) is 8.00. The van der Waals surface area contributed by atoms with Crippen LogP contribution in [0.25, 0.3) is 0 Å². The molecular weight excluding hydrogens is 304 g/mol. The average molecular weight is 327 g/mol. The molecule has 1 atom stereocenters. The Morgan fingerprint density at radius 1 is 1.47 bits per heavy atom. The second-order valence-electron chi connectivity index (χ2n) is 5.30. The molecule has 1 aliphatic rings. The van der Waals surface area contributed by atoms with Crippen molar-refractivity contribution in [2.75, 3.05) is 39.9 Å². The predicted molar refractivity (Wildman–Crippen MR) is 82.3 cm³/mol. The highest BCUT2D eigenvalue weighted by Gasteiger charge is 2.14.